The topological polar surface area (TPSA) is 99.9 Å². The Labute approximate surface area is 184 Å². The van der Waals surface area contributed by atoms with E-state index in [-0.39, 0.29) is 39.1 Å². The molecule has 5 N–H and O–H groups in total. The van der Waals surface area contributed by atoms with Gasteiger partial charge in [-0.15, -0.1) is 0 Å². The van der Waals surface area contributed by atoms with Gasteiger partial charge in [0.25, 0.3) is 0 Å². The van der Waals surface area contributed by atoms with Crippen LogP contribution < -0.4 is 26.0 Å². The summed E-state index contributed by atoms with van der Waals surface area (Å²) in [6, 6.07) is 13.0. The number of nitrogens with zero attached hydrogens (tertiary/aromatic N) is 1. The number of benzene rings is 2. The van der Waals surface area contributed by atoms with Crippen LogP contribution in [0.5, 0.6) is 5.75 Å². The largest absolute Gasteiger partial charge is 0.489 e. The van der Waals surface area contributed by atoms with E-state index in [1.165, 1.54) is 0 Å². The summed E-state index contributed by atoms with van der Waals surface area (Å²) < 4.78 is 44.8. The zero-order valence-corrected chi connectivity index (χ0v) is 17.5. The molecule has 32 heavy (non-hydrogen) atoms. The number of carboxylic acid groups (broad SMARTS) is 1. The molecule has 0 unspecified atom stereocenters. The number of hydrogen-bond donors (Lipinski definition) is 4. The molecule has 0 aliphatic carbocycles. The Kier molecular flexibility index (Phi) is 7.68. The minimum Gasteiger partial charge on any atom is -0.489 e. The molecule has 1 aliphatic rings. The molecular formula is C22H27F3N4O3. The molecule has 3 rings (SSSR count). The maximum atomic E-state index is 13.0. The highest BCUT2D eigenvalue weighted by Crippen LogP contribution is 2.39. The highest BCUT2D eigenvalue weighted by Gasteiger charge is 2.41. The molecule has 0 aromatic heterocycles. The second kappa shape index (κ2) is 10.4. The zero-order valence-electron chi connectivity index (χ0n) is 17.5. The number of hydrogen-bond acceptors (Lipinski definition) is 5. The Morgan fingerprint density at radius 3 is 2.38 bits per heavy atom. The van der Waals surface area contributed by atoms with E-state index >= 15 is 0 Å². The van der Waals surface area contributed by atoms with E-state index < -0.39 is 18.2 Å². The van der Waals surface area contributed by atoms with Crippen LogP contribution >= 0.6 is 0 Å². The average molecular weight is 452 g/mol. The van der Waals surface area contributed by atoms with Gasteiger partial charge in [0.15, 0.2) is 0 Å². The summed E-state index contributed by atoms with van der Waals surface area (Å²) in [6.45, 7) is 1.15. The van der Waals surface area contributed by atoms with Crippen molar-refractivity contribution >= 4 is 23.2 Å². The molecule has 174 valence electrons. The quantitative estimate of drug-likeness (QED) is 0.446. The van der Waals surface area contributed by atoms with Gasteiger partial charge in [-0.2, -0.15) is 13.2 Å². The average Bonchev–Trinajstić information content (AvgIpc) is 2.77. The molecular weight excluding hydrogens is 425 g/mol. The number of rotatable bonds is 8. The lowest BCUT2D eigenvalue weighted by Crippen LogP contribution is -2.39. The Balaban J connectivity index is 1.75. The maximum Gasteiger partial charge on any atom is 0.404 e. The fourth-order valence-corrected chi connectivity index (χ4v) is 3.63. The predicted molar refractivity (Wildman–Crippen MR) is 117 cm³/mol. The van der Waals surface area contributed by atoms with Crippen molar-refractivity contribution in [2.45, 2.75) is 25.6 Å². The first-order valence-corrected chi connectivity index (χ1v) is 10.4. The summed E-state index contributed by atoms with van der Waals surface area (Å²) in [4.78, 5) is 12.5. The lowest BCUT2D eigenvalue weighted by atomic mass is 9.96. The molecule has 0 spiro atoms. The monoisotopic (exact) mass is 452 g/mol. The second-order valence-corrected chi connectivity index (χ2v) is 7.59. The van der Waals surface area contributed by atoms with E-state index in [0.717, 1.165) is 16.9 Å². The zero-order chi connectivity index (χ0) is 23.1. The summed E-state index contributed by atoms with van der Waals surface area (Å²) in [5.74, 6) is -0.813. The van der Waals surface area contributed by atoms with Gasteiger partial charge in [-0.1, -0.05) is 12.1 Å². The van der Waals surface area contributed by atoms with E-state index in [4.69, 9.17) is 15.6 Å². The van der Waals surface area contributed by atoms with Crippen LogP contribution in [0.4, 0.5) is 35.0 Å². The van der Waals surface area contributed by atoms with E-state index in [1.807, 2.05) is 41.3 Å². The molecule has 2 aromatic carbocycles. The van der Waals surface area contributed by atoms with Crippen LogP contribution in [0.2, 0.25) is 0 Å². The number of carbonyl (C=O) groups is 1. The molecule has 0 radical (unpaired) electrons. The lowest BCUT2D eigenvalue weighted by Gasteiger charge is -2.35. The first-order chi connectivity index (χ1) is 15.3. The minimum absolute atomic E-state index is 0.0248. The van der Waals surface area contributed by atoms with Crippen LogP contribution in [0.25, 0.3) is 0 Å². The molecule has 7 nitrogen and oxygen atoms in total. The van der Waals surface area contributed by atoms with E-state index in [0.29, 0.717) is 18.0 Å². The molecule has 1 saturated heterocycles. The summed E-state index contributed by atoms with van der Waals surface area (Å²) in [7, 11) is 0. The minimum atomic E-state index is -4.18. The summed E-state index contributed by atoms with van der Waals surface area (Å²) in [5.41, 5.74) is 8.89. The standard InChI is InChI=1S/C22H27F3N4O3/c23-22(24,25)16-7-10-29(11-8-16)19-6-5-18(13-20(19)32-12-9-27-21(30)31)28-17-3-1-15(14-26)2-4-17/h1-6,13,16,27-28H,7-12,14,26H2,(H,30,31). The van der Waals surface area contributed by atoms with Gasteiger partial charge in [0, 0.05) is 37.1 Å². The van der Waals surface area contributed by atoms with Crippen LogP contribution in [0, 0.1) is 5.92 Å². The number of anilines is 3. The van der Waals surface area contributed by atoms with Crippen LogP contribution in [0.15, 0.2) is 42.5 Å². The van der Waals surface area contributed by atoms with Crippen molar-refractivity contribution in [3.8, 4) is 5.75 Å². The Hall–Kier alpha value is -3.14. The third-order valence-electron chi connectivity index (χ3n) is 5.37. The molecule has 1 aliphatic heterocycles. The van der Waals surface area contributed by atoms with Crippen LogP contribution in [-0.4, -0.2) is 43.6 Å². The first kappa shape index (κ1) is 23.5. The van der Waals surface area contributed by atoms with Crippen molar-refractivity contribution in [1.82, 2.24) is 5.32 Å². The predicted octanol–water partition coefficient (Wildman–Crippen LogP) is 4.31. The SMILES string of the molecule is NCc1ccc(Nc2ccc(N3CCC(C(F)(F)F)CC3)c(OCCNC(=O)O)c2)cc1. The fraction of sp³-hybridized carbons (Fsp3) is 0.409. The third kappa shape index (κ3) is 6.43. The van der Waals surface area contributed by atoms with Crippen molar-refractivity contribution in [2.75, 3.05) is 36.5 Å². The summed E-state index contributed by atoms with van der Waals surface area (Å²) in [5, 5.41) is 14.2. The van der Waals surface area contributed by atoms with Gasteiger partial charge in [-0.3, -0.25) is 0 Å². The Morgan fingerprint density at radius 2 is 1.78 bits per heavy atom. The number of nitrogens with two attached hydrogens (primary N) is 1. The molecule has 1 fully saturated rings. The van der Waals surface area contributed by atoms with Gasteiger partial charge in [0.05, 0.1) is 18.2 Å². The highest BCUT2D eigenvalue weighted by atomic mass is 19.4. The third-order valence-corrected chi connectivity index (χ3v) is 5.37. The number of piperidine rings is 1. The second-order valence-electron chi connectivity index (χ2n) is 7.59. The molecule has 0 saturated carbocycles. The van der Waals surface area contributed by atoms with Gasteiger partial charge in [0.2, 0.25) is 0 Å². The number of ether oxygens (including phenoxy) is 1. The van der Waals surface area contributed by atoms with Gasteiger partial charge in [0.1, 0.15) is 12.4 Å². The van der Waals surface area contributed by atoms with Crippen molar-refractivity contribution in [3.05, 3.63) is 48.0 Å². The molecule has 1 heterocycles. The van der Waals surface area contributed by atoms with Crippen molar-refractivity contribution < 1.29 is 27.8 Å². The normalized spacial score (nSPS) is 14.8. The summed E-state index contributed by atoms with van der Waals surface area (Å²) in [6.07, 6.45) is -5.28. The van der Waals surface area contributed by atoms with Crippen molar-refractivity contribution in [1.29, 1.82) is 0 Å². The molecule has 0 bridgehead atoms. The van der Waals surface area contributed by atoms with E-state index in [9.17, 15) is 18.0 Å². The van der Waals surface area contributed by atoms with E-state index in [2.05, 4.69) is 10.6 Å². The van der Waals surface area contributed by atoms with Gasteiger partial charge >= 0.3 is 12.3 Å². The molecule has 10 heteroatoms. The molecule has 1 amide bonds. The van der Waals surface area contributed by atoms with Gasteiger partial charge < -0.3 is 31.1 Å². The highest BCUT2D eigenvalue weighted by molar-refractivity contribution is 5.69. The maximum absolute atomic E-state index is 13.0. The van der Waals surface area contributed by atoms with Crippen LogP contribution in [0.1, 0.15) is 18.4 Å². The molecule has 0 atom stereocenters. The first-order valence-electron chi connectivity index (χ1n) is 10.4. The smallest absolute Gasteiger partial charge is 0.404 e. The number of nitrogens with one attached hydrogen (secondary N) is 2. The number of halogens is 3. The fourth-order valence-electron chi connectivity index (χ4n) is 3.63. The lowest BCUT2D eigenvalue weighted by molar-refractivity contribution is -0.179. The number of alkyl halides is 3. The Morgan fingerprint density at radius 1 is 1.12 bits per heavy atom. The van der Waals surface area contributed by atoms with Crippen molar-refractivity contribution in [3.63, 3.8) is 0 Å². The Bertz CT molecular complexity index is 898. The molecule has 2 aromatic rings. The van der Waals surface area contributed by atoms with Crippen LogP contribution in [-0.2, 0) is 6.54 Å². The van der Waals surface area contributed by atoms with Gasteiger partial charge in [-0.05, 0) is 42.7 Å². The van der Waals surface area contributed by atoms with Crippen molar-refractivity contribution in [2.24, 2.45) is 11.7 Å². The summed E-state index contributed by atoms with van der Waals surface area (Å²) >= 11 is 0. The van der Waals surface area contributed by atoms with E-state index in [1.54, 1.807) is 6.07 Å². The number of amides is 1. The van der Waals surface area contributed by atoms with Gasteiger partial charge in [-0.25, -0.2) is 4.79 Å². The van der Waals surface area contributed by atoms with Crippen LogP contribution in [0.3, 0.4) is 0 Å².